The average Bonchev–Trinajstić information content (AvgIpc) is 3.30. The molecule has 160 valence electrons. The van der Waals surface area contributed by atoms with Gasteiger partial charge in [0.25, 0.3) is 5.91 Å². The van der Waals surface area contributed by atoms with Gasteiger partial charge in [0.15, 0.2) is 0 Å². The van der Waals surface area contributed by atoms with Gasteiger partial charge in [-0.3, -0.25) is 4.79 Å². The van der Waals surface area contributed by atoms with Crippen molar-refractivity contribution < 1.29 is 9.59 Å². The van der Waals surface area contributed by atoms with Gasteiger partial charge in [-0.05, 0) is 42.0 Å². The van der Waals surface area contributed by atoms with Gasteiger partial charge in [-0.1, -0.05) is 54.1 Å². The van der Waals surface area contributed by atoms with Crippen LogP contribution in [0.25, 0.3) is 17.0 Å². The highest BCUT2D eigenvalue weighted by molar-refractivity contribution is 6.32. The van der Waals surface area contributed by atoms with Crippen LogP contribution in [0.3, 0.4) is 0 Å². The summed E-state index contributed by atoms with van der Waals surface area (Å²) < 4.78 is 2.04. The molecule has 1 aromatic heterocycles. The lowest BCUT2D eigenvalue weighted by Gasteiger charge is -2.11. The van der Waals surface area contributed by atoms with Gasteiger partial charge in [-0.2, -0.15) is 5.26 Å². The Morgan fingerprint density at radius 1 is 1.00 bits per heavy atom. The summed E-state index contributed by atoms with van der Waals surface area (Å²) in [6, 6.07) is 23.6. The van der Waals surface area contributed by atoms with Crippen molar-refractivity contribution in [3.63, 3.8) is 0 Å². The maximum Gasteiger partial charge on any atom is 0.333 e. The molecule has 5 rings (SSSR count). The number of halogens is 1. The van der Waals surface area contributed by atoms with Gasteiger partial charge < -0.3 is 9.88 Å². The van der Waals surface area contributed by atoms with Crippen LogP contribution in [0.15, 0.2) is 84.7 Å². The minimum atomic E-state index is -0.528. The number of aromatic nitrogens is 1. The van der Waals surface area contributed by atoms with Gasteiger partial charge in [0.05, 0.1) is 17.3 Å². The molecule has 1 saturated heterocycles. The lowest BCUT2D eigenvalue weighted by Crippen LogP contribution is -2.30. The standard InChI is InChI=1S/C26H17ClN4O2/c27-20-8-5-9-21(13-20)31-25(32)23(29-26(31)33)12-19-16-30(24-11-4-3-10-22(19)24)15-18-7-2-1-6-17(18)14-28/h1-13,16H,15H2,(H,29,33)/b23-12+. The number of fused-ring (bicyclic) bond motifs is 1. The number of hydrogen-bond acceptors (Lipinski definition) is 3. The Bertz CT molecular complexity index is 1500. The second-order valence-corrected chi connectivity index (χ2v) is 8.04. The van der Waals surface area contributed by atoms with E-state index in [1.807, 2.05) is 53.2 Å². The first kappa shape index (κ1) is 20.6. The smallest absolute Gasteiger partial charge is 0.333 e. The number of para-hydroxylation sites is 1. The van der Waals surface area contributed by atoms with E-state index in [1.165, 1.54) is 0 Å². The van der Waals surface area contributed by atoms with Gasteiger partial charge in [0.1, 0.15) is 5.70 Å². The summed E-state index contributed by atoms with van der Waals surface area (Å²) in [5.41, 5.74) is 3.85. The maximum atomic E-state index is 13.0. The third kappa shape index (κ3) is 3.75. The number of hydrogen-bond donors (Lipinski definition) is 1. The molecule has 1 fully saturated rings. The maximum absolute atomic E-state index is 13.0. The SMILES string of the molecule is N#Cc1ccccc1Cn1cc(/C=C2/NC(=O)N(c3cccc(Cl)c3)C2=O)c2ccccc21. The topological polar surface area (TPSA) is 78.1 Å². The summed E-state index contributed by atoms with van der Waals surface area (Å²) in [6.07, 6.45) is 3.60. The molecule has 3 aromatic carbocycles. The van der Waals surface area contributed by atoms with Crippen molar-refractivity contribution in [2.24, 2.45) is 0 Å². The quantitative estimate of drug-likeness (QED) is 0.336. The fourth-order valence-electron chi connectivity index (χ4n) is 4.01. The molecule has 2 heterocycles. The molecule has 0 radical (unpaired) electrons. The molecule has 7 heteroatoms. The van der Waals surface area contributed by atoms with Gasteiger partial charge >= 0.3 is 6.03 Å². The zero-order chi connectivity index (χ0) is 22.9. The summed E-state index contributed by atoms with van der Waals surface area (Å²) in [7, 11) is 0. The Morgan fingerprint density at radius 3 is 2.61 bits per heavy atom. The van der Waals surface area contributed by atoms with Crippen LogP contribution in [0.5, 0.6) is 0 Å². The lowest BCUT2D eigenvalue weighted by molar-refractivity contribution is -0.113. The number of rotatable bonds is 4. The van der Waals surface area contributed by atoms with E-state index in [1.54, 1.807) is 36.4 Å². The monoisotopic (exact) mass is 452 g/mol. The van der Waals surface area contributed by atoms with Crippen LogP contribution < -0.4 is 10.2 Å². The van der Waals surface area contributed by atoms with Gasteiger partial charge in [0.2, 0.25) is 0 Å². The van der Waals surface area contributed by atoms with E-state index < -0.39 is 11.9 Å². The molecule has 4 aromatic rings. The third-order valence-electron chi connectivity index (χ3n) is 5.54. The highest BCUT2D eigenvalue weighted by Crippen LogP contribution is 2.28. The van der Waals surface area contributed by atoms with Crippen LogP contribution in [0, 0.1) is 11.3 Å². The van der Waals surface area contributed by atoms with Crippen molar-refractivity contribution in [2.45, 2.75) is 6.54 Å². The number of urea groups is 1. The van der Waals surface area contributed by atoms with Crippen molar-refractivity contribution in [1.82, 2.24) is 9.88 Å². The normalized spacial score (nSPS) is 14.7. The van der Waals surface area contributed by atoms with Crippen LogP contribution in [-0.4, -0.2) is 16.5 Å². The number of nitrogens with zero attached hydrogens (tertiary/aromatic N) is 3. The highest BCUT2D eigenvalue weighted by Gasteiger charge is 2.35. The van der Waals surface area contributed by atoms with E-state index in [4.69, 9.17) is 11.6 Å². The molecule has 1 aliphatic heterocycles. The van der Waals surface area contributed by atoms with E-state index in [2.05, 4.69) is 11.4 Å². The Morgan fingerprint density at radius 2 is 1.79 bits per heavy atom. The second kappa shape index (κ2) is 8.30. The minimum absolute atomic E-state index is 0.181. The average molecular weight is 453 g/mol. The third-order valence-corrected chi connectivity index (χ3v) is 5.78. The number of benzene rings is 3. The molecule has 1 aliphatic rings. The summed E-state index contributed by atoms with van der Waals surface area (Å²) in [5, 5.41) is 13.5. The van der Waals surface area contributed by atoms with Crippen molar-refractivity contribution in [2.75, 3.05) is 4.90 Å². The Balaban J connectivity index is 1.54. The zero-order valence-corrected chi connectivity index (χ0v) is 18.1. The molecule has 1 N–H and O–H groups in total. The molecule has 3 amide bonds. The van der Waals surface area contributed by atoms with Crippen LogP contribution in [0.2, 0.25) is 5.02 Å². The predicted molar refractivity (Wildman–Crippen MR) is 128 cm³/mol. The van der Waals surface area contributed by atoms with Crippen molar-refractivity contribution in [3.05, 3.63) is 106 Å². The molecule has 0 bridgehead atoms. The highest BCUT2D eigenvalue weighted by atomic mass is 35.5. The molecule has 0 saturated carbocycles. The second-order valence-electron chi connectivity index (χ2n) is 7.61. The van der Waals surface area contributed by atoms with Crippen molar-refractivity contribution in [1.29, 1.82) is 5.26 Å². The van der Waals surface area contributed by atoms with Crippen LogP contribution in [0.1, 0.15) is 16.7 Å². The van der Waals surface area contributed by atoms with E-state index in [-0.39, 0.29) is 5.70 Å². The fraction of sp³-hybridized carbons (Fsp3) is 0.0385. The zero-order valence-electron chi connectivity index (χ0n) is 17.3. The molecule has 0 spiro atoms. The van der Waals surface area contributed by atoms with E-state index >= 15 is 0 Å². The van der Waals surface area contributed by atoms with Crippen LogP contribution in [-0.2, 0) is 11.3 Å². The van der Waals surface area contributed by atoms with Gasteiger partial charge in [-0.25, -0.2) is 9.69 Å². The fourth-order valence-corrected chi connectivity index (χ4v) is 4.20. The minimum Gasteiger partial charge on any atom is -0.342 e. The van der Waals surface area contributed by atoms with E-state index in [9.17, 15) is 14.9 Å². The lowest BCUT2D eigenvalue weighted by atomic mass is 10.1. The number of carbonyl (C=O) groups excluding carboxylic acids is 2. The molecule has 33 heavy (non-hydrogen) atoms. The van der Waals surface area contributed by atoms with Gasteiger partial charge in [-0.15, -0.1) is 0 Å². The number of amides is 3. The Hall–Kier alpha value is -4.34. The van der Waals surface area contributed by atoms with E-state index in [0.717, 1.165) is 26.9 Å². The number of carbonyl (C=O) groups is 2. The van der Waals surface area contributed by atoms with Gasteiger partial charge in [0, 0.05) is 34.2 Å². The Kier molecular flexibility index (Phi) is 5.17. The number of nitrogens with one attached hydrogen (secondary N) is 1. The van der Waals surface area contributed by atoms with Crippen LogP contribution in [0.4, 0.5) is 10.5 Å². The molecular formula is C26H17ClN4O2. The number of anilines is 1. The summed E-state index contributed by atoms with van der Waals surface area (Å²) in [4.78, 5) is 26.7. The number of imide groups is 1. The predicted octanol–water partition coefficient (Wildman–Crippen LogP) is 5.31. The van der Waals surface area contributed by atoms with Crippen molar-refractivity contribution >= 4 is 46.2 Å². The summed E-state index contributed by atoms with van der Waals surface area (Å²) >= 11 is 6.03. The van der Waals surface area contributed by atoms with Crippen molar-refractivity contribution in [3.8, 4) is 6.07 Å². The molecule has 0 atom stereocenters. The molecular weight excluding hydrogens is 436 g/mol. The molecule has 0 aliphatic carbocycles. The molecule has 0 unspecified atom stereocenters. The van der Waals surface area contributed by atoms with Crippen LogP contribution >= 0.6 is 11.6 Å². The first-order valence-electron chi connectivity index (χ1n) is 10.2. The molecule has 6 nitrogen and oxygen atoms in total. The largest absolute Gasteiger partial charge is 0.342 e. The van der Waals surface area contributed by atoms with E-state index in [0.29, 0.717) is 22.8 Å². The first-order valence-corrected chi connectivity index (χ1v) is 10.6. The first-order chi connectivity index (χ1) is 16.0. The number of nitriles is 1. The Labute approximate surface area is 194 Å². The summed E-state index contributed by atoms with van der Waals surface area (Å²) in [6.45, 7) is 0.502. The summed E-state index contributed by atoms with van der Waals surface area (Å²) in [5.74, 6) is -0.450.